The number of ether oxygens (including phenoxy) is 2. The first-order chi connectivity index (χ1) is 14.6. The largest absolute Gasteiger partial charge is 0.493 e. The smallest absolute Gasteiger partial charge is 0.261 e. The summed E-state index contributed by atoms with van der Waals surface area (Å²) >= 11 is 0. The number of nitrogens with zero attached hydrogens (tertiary/aromatic N) is 2. The quantitative estimate of drug-likeness (QED) is 0.712. The van der Waals surface area contributed by atoms with Crippen LogP contribution in [0.1, 0.15) is 41.9 Å². The molecule has 1 amide bonds. The molecule has 0 fully saturated rings. The molecule has 2 aromatic carbocycles. The monoisotopic (exact) mass is 407 g/mol. The number of carbonyl (C=O) groups excluding carboxylic acids is 1. The van der Waals surface area contributed by atoms with Gasteiger partial charge in [0.05, 0.1) is 25.1 Å². The standard InChI is InChI=1S/C23H25N3O4/c1-29-19-11-9-16(14-20(19)30-2)24-22(27)15-8-10-17-18(13-15)25-21-7-5-3-4-6-12-26(21)23(17)28/h8-11,13-14H,3-7,12H2,1-2H3,(H,24,27). The molecule has 4 rings (SSSR count). The van der Waals surface area contributed by atoms with Gasteiger partial charge in [-0.3, -0.25) is 14.2 Å². The third kappa shape index (κ3) is 3.87. The Kier molecular flexibility index (Phi) is 5.70. The van der Waals surface area contributed by atoms with E-state index >= 15 is 0 Å². The Balaban J connectivity index is 1.65. The predicted octanol–water partition coefficient (Wildman–Crippen LogP) is 3.78. The summed E-state index contributed by atoms with van der Waals surface area (Å²) < 4.78 is 12.3. The second-order valence-corrected chi connectivity index (χ2v) is 7.40. The van der Waals surface area contributed by atoms with Crippen LogP contribution in [0.15, 0.2) is 41.2 Å². The molecule has 0 spiro atoms. The van der Waals surface area contributed by atoms with Crippen molar-refractivity contribution in [2.24, 2.45) is 0 Å². The fourth-order valence-corrected chi connectivity index (χ4v) is 3.85. The summed E-state index contributed by atoms with van der Waals surface area (Å²) in [7, 11) is 3.10. The summed E-state index contributed by atoms with van der Waals surface area (Å²) in [6, 6.07) is 10.2. The highest BCUT2D eigenvalue weighted by Gasteiger charge is 2.15. The highest BCUT2D eigenvalue weighted by atomic mass is 16.5. The second kappa shape index (κ2) is 8.57. The lowest BCUT2D eigenvalue weighted by Crippen LogP contribution is -2.26. The molecular formula is C23H25N3O4. The van der Waals surface area contributed by atoms with Gasteiger partial charge in [0.25, 0.3) is 11.5 Å². The average molecular weight is 407 g/mol. The summed E-state index contributed by atoms with van der Waals surface area (Å²) in [5.41, 5.74) is 1.57. The highest BCUT2D eigenvalue weighted by Crippen LogP contribution is 2.30. The first-order valence-electron chi connectivity index (χ1n) is 10.2. The van der Waals surface area contributed by atoms with Gasteiger partial charge < -0.3 is 14.8 Å². The Morgan fingerprint density at radius 2 is 1.80 bits per heavy atom. The minimum atomic E-state index is -0.280. The molecule has 2 heterocycles. The molecule has 7 nitrogen and oxygen atoms in total. The van der Waals surface area contributed by atoms with E-state index in [1.165, 1.54) is 0 Å². The van der Waals surface area contributed by atoms with Crippen molar-refractivity contribution in [3.05, 3.63) is 58.1 Å². The van der Waals surface area contributed by atoms with Crippen LogP contribution in [0.3, 0.4) is 0 Å². The fraction of sp³-hybridized carbons (Fsp3) is 0.348. The van der Waals surface area contributed by atoms with Crippen molar-refractivity contribution in [3.8, 4) is 11.5 Å². The summed E-state index contributed by atoms with van der Waals surface area (Å²) in [6.07, 6.45) is 5.09. The van der Waals surface area contributed by atoms with Gasteiger partial charge in [-0.2, -0.15) is 0 Å². The van der Waals surface area contributed by atoms with Crippen molar-refractivity contribution < 1.29 is 14.3 Å². The first kappa shape index (κ1) is 19.9. The molecule has 3 aromatic rings. The molecular weight excluding hydrogens is 382 g/mol. The number of hydrogen-bond donors (Lipinski definition) is 1. The van der Waals surface area contributed by atoms with E-state index in [-0.39, 0.29) is 11.5 Å². The predicted molar refractivity (Wildman–Crippen MR) is 116 cm³/mol. The third-order valence-corrected chi connectivity index (χ3v) is 5.47. The number of aryl methyl sites for hydroxylation is 1. The van der Waals surface area contributed by atoms with E-state index in [0.29, 0.717) is 40.2 Å². The number of nitrogens with one attached hydrogen (secondary N) is 1. The van der Waals surface area contributed by atoms with E-state index in [1.807, 2.05) is 0 Å². The van der Waals surface area contributed by atoms with Gasteiger partial charge in [0, 0.05) is 30.3 Å². The Bertz CT molecular complexity index is 1150. The first-order valence-corrected chi connectivity index (χ1v) is 10.2. The van der Waals surface area contributed by atoms with Gasteiger partial charge in [-0.1, -0.05) is 12.8 Å². The maximum atomic E-state index is 12.9. The van der Waals surface area contributed by atoms with Crippen LogP contribution in [-0.4, -0.2) is 29.7 Å². The number of benzene rings is 2. The number of fused-ring (bicyclic) bond motifs is 2. The lowest BCUT2D eigenvalue weighted by atomic mass is 10.1. The molecule has 0 aliphatic carbocycles. The van der Waals surface area contributed by atoms with Crippen molar-refractivity contribution in [2.75, 3.05) is 19.5 Å². The Hall–Kier alpha value is -3.35. The molecule has 156 valence electrons. The molecule has 1 aliphatic heterocycles. The van der Waals surface area contributed by atoms with Crippen LogP contribution >= 0.6 is 0 Å². The molecule has 1 aromatic heterocycles. The van der Waals surface area contributed by atoms with E-state index in [0.717, 1.165) is 37.9 Å². The van der Waals surface area contributed by atoms with Crippen LogP contribution in [0.4, 0.5) is 5.69 Å². The van der Waals surface area contributed by atoms with Crippen LogP contribution in [0.5, 0.6) is 11.5 Å². The zero-order valence-electron chi connectivity index (χ0n) is 17.2. The second-order valence-electron chi connectivity index (χ2n) is 7.40. The van der Waals surface area contributed by atoms with Gasteiger partial charge in [-0.05, 0) is 43.2 Å². The number of methoxy groups -OCH3 is 2. The number of anilines is 1. The number of hydrogen-bond acceptors (Lipinski definition) is 5. The van der Waals surface area contributed by atoms with Gasteiger partial charge in [-0.15, -0.1) is 0 Å². The maximum absolute atomic E-state index is 12.9. The molecule has 0 atom stereocenters. The Labute approximate surface area is 174 Å². The van der Waals surface area contributed by atoms with Crippen LogP contribution in [0.2, 0.25) is 0 Å². The zero-order valence-corrected chi connectivity index (χ0v) is 17.2. The summed E-state index contributed by atoms with van der Waals surface area (Å²) in [5, 5.41) is 3.40. The van der Waals surface area contributed by atoms with Gasteiger partial charge in [0.2, 0.25) is 0 Å². The van der Waals surface area contributed by atoms with Crippen molar-refractivity contribution in [1.82, 2.24) is 9.55 Å². The fourth-order valence-electron chi connectivity index (χ4n) is 3.85. The van der Waals surface area contributed by atoms with Crippen molar-refractivity contribution in [2.45, 2.75) is 38.6 Å². The van der Waals surface area contributed by atoms with Crippen molar-refractivity contribution in [1.29, 1.82) is 0 Å². The molecule has 1 N–H and O–H groups in total. The molecule has 7 heteroatoms. The number of rotatable bonds is 4. The molecule has 0 saturated heterocycles. The van der Waals surface area contributed by atoms with Crippen molar-refractivity contribution >= 4 is 22.5 Å². The van der Waals surface area contributed by atoms with E-state index in [2.05, 4.69) is 5.32 Å². The summed E-state index contributed by atoms with van der Waals surface area (Å²) in [5.74, 6) is 1.65. The minimum absolute atomic E-state index is 0.0243. The summed E-state index contributed by atoms with van der Waals surface area (Å²) in [4.78, 5) is 30.5. The SMILES string of the molecule is COc1ccc(NC(=O)c2ccc3c(=O)n4c(nc3c2)CCCCCC4)cc1OC. The minimum Gasteiger partial charge on any atom is -0.493 e. The number of carbonyl (C=O) groups is 1. The van der Waals surface area contributed by atoms with Crippen LogP contribution in [0.25, 0.3) is 10.9 Å². The molecule has 0 radical (unpaired) electrons. The van der Waals surface area contributed by atoms with Crippen LogP contribution in [-0.2, 0) is 13.0 Å². The molecule has 0 bridgehead atoms. The molecule has 0 saturated carbocycles. The molecule has 1 aliphatic rings. The maximum Gasteiger partial charge on any atom is 0.261 e. The lowest BCUT2D eigenvalue weighted by Gasteiger charge is -2.16. The lowest BCUT2D eigenvalue weighted by molar-refractivity contribution is 0.102. The van der Waals surface area contributed by atoms with Crippen LogP contribution in [0, 0.1) is 0 Å². The van der Waals surface area contributed by atoms with E-state index in [1.54, 1.807) is 55.2 Å². The van der Waals surface area contributed by atoms with Crippen LogP contribution < -0.4 is 20.3 Å². The Morgan fingerprint density at radius 3 is 2.60 bits per heavy atom. The Morgan fingerprint density at radius 1 is 1.00 bits per heavy atom. The molecule has 0 unspecified atom stereocenters. The zero-order chi connectivity index (χ0) is 21.1. The highest BCUT2D eigenvalue weighted by molar-refractivity contribution is 6.06. The normalized spacial score (nSPS) is 13.8. The van der Waals surface area contributed by atoms with E-state index in [9.17, 15) is 9.59 Å². The number of aromatic nitrogens is 2. The average Bonchev–Trinajstić information content (AvgIpc) is 2.74. The third-order valence-electron chi connectivity index (χ3n) is 5.47. The summed E-state index contributed by atoms with van der Waals surface area (Å²) in [6.45, 7) is 0.707. The molecule has 30 heavy (non-hydrogen) atoms. The number of amides is 1. The van der Waals surface area contributed by atoms with E-state index in [4.69, 9.17) is 14.5 Å². The van der Waals surface area contributed by atoms with E-state index < -0.39 is 0 Å². The van der Waals surface area contributed by atoms with Gasteiger partial charge in [-0.25, -0.2) is 4.98 Å². The van der Waals surface area contributed by atoms with Crippen molar-refractivity contribution in [3.63, 3.8) is 0 Å². The topological polar surface area (TPSA) is 82.5 Å². The van der Waals surface area contributed by atoms with Gasteiger partial charge in [0.1, 0.15) is 5.82 Å². The van der Waals surface area contributed by atoms with Gasteiger partial charge in [0.15, 0.2) is 11.5 Å². The van der Waals surface area contributed by atoms with Gasteiger partial charge >= 0.3 is 0 Å².